The zero-order chi connectivity index (χ0) is 22.9. The van der Waals surface area contributed by atoms with Crippen LogP contribution < -0.4 is 0 Å². The Kier molecular flexibility index (Phi) is 3.97. The molecule has 8 rings (SSSR count). The molecule has 1 aliphatic heterocycles. The molecule has 0 atom stereocenters. The molecule has 1 aliphatic rings. The van der Waals surface area contributed by atoms with Gasteiger partial charge < -0.3 is 0 Å². The second-order valence-corrected chi connectivity index (χ2v) is 10.5. The summed E-state index contributed by atoms with van der Waals surface area (Å²) in [5, 5.41) is 10.5. The van der Waals surface area contributed by atoms with Crippen molar-refractivity contribution in [1.82, 2.24) is 0 Å². The SMILES string of the molecule is c1ccc2cc3c(ccc4cc(-c5ccc6c(c5)Sc5cccc7cccc-6c57)ccc43)cc2c1. The van der Waals surface area contributed by atoms with E-state index in [4.69, 9.17) is 0 Å². The first kappa shape index (κ1) is 19.3. The highest BCUT2D eigenvalue weighted by molar-refractivity contribution is 7.99. The second kappa shape index (κ2) is 7.21. The Balaban J connectivity index is 1.28. The lowest BCUT2D eigenvalue weighted by Gasteiger charge is -2.21. The van der Waals surface area contributed by atoms with E-state index in [2.05, 4.69) is 121 Å². The van der Waals surface area contributed by atoms with Crippen molar-refractivity contribution in [2.45, 2.75) is 9.79 Å². The first-order chi connectivity index (χ1) is 17.3. The van der Waals surface area contributed by atoms with Gasteiger partial charge in [-0.15, -0.1) is 0 Å². The molecule has 0 aromatic heterocycles. The van der Waals surface area contributed by atoms with Crippen molar-refractivity contribution in [1.29, 1.82) is 0 Å². The Morgan fingerprint density at radius 1 is 0.371 bits per heavy atom. The smallest absolute Gasteiger partial charge is 0.0207 e. The Morgan fingerprint density at radius 2 is 1.09 bits per heavy atom. The number of hydrogen-bond acceptors (Lipinski definition) is 1. The predicted molar refractivity (Wildman–Crippen MR) is 151 cm³/mol. The first-order valence-corrected chi connectivity index (χ1v) is 12.8. The van der Waals surface area contributed by atoms with E-state index in [0.29, 0.717) is 0 Å². The lowest BCUT2D eigenvalue weighted by molar-refractivity contribution is 1.39. The highest BCUT2D eigenvalue weighted by Gasteiger charge is 2.19. The minimum Gasteiger partial charge on any atom is -0.0888 e. The standard InChI is InChI=1S/C34H20S/c1-2-6-23-19-31-27(17-22(23)5-1)12-11-26-18-24(13-15-28(26)31)25-14-16-29-30-9-3-7-21-8-4-10-32(34(21)30)35-33(29)20-25/h1-20H. The quantitative estimate of drug-likeness (QED) is 0.173. The van der Waals surface area contributed by atoms with Crippen LogP contribution in [0, 0.1) is 0 Å². The van der Waals surface area contributed by atoms with E-state index >= 15 is 0 Å². The Labute approximate surface area is 207 Å². The fourth-order valence-corrected chi connectivity index (χ4v) is 6.86. The lowest BCUT2D eigenvalue weighted by atomic mass is 9.93. The molecule has 0 bridgehead atoms. The van der Waals surface area contributed by atoms with Crippen molar-refractivity contribution in [2.24, 2.45) is 0 Å². The van der Waals surface area contributed by atoms with Gasteiger partial charge in [-0.1, -0.05) is 103 Å². The van der Waals surface area contributed by atoms with Gasteiger partial charge in [0.1, 0.15) is 0 Å². The van der Waals surface area contributed by atoms with Crippen LogP contribution in [0.4, 0.5) is 0 Å². The third kappa shape index (κ3) is 2.89. The monoisotopic (exact) mass is 460 g/mol. The zero-order valence-corrected chi connectivity index (χ0v) is 19.8. The molecule has 0 N–H and O–H groups in total. The van der Waals surface area contributed by atoms with Crippen LogP contribution in [0.15, 0.2) is 131 Å². The molecule has 0 nitrogen and oxygen atoms in total. The highest BCUT2D eigenvalue weighted by atomic mass is 32.2. The Hall–Kier alpha value is -4.07. The maximum atomic E-state index is 2.37. The molecule has 7 aromatic carbocycles. The van der Waals surface area contributed by atoms with Crippen LogP contribution in [0.1, 0.15) is 0 Å². The van der Waals surface area contributed by atoms with Gasteiger partial charge >= 0.3 is 0 Å². The van der Waals surface area contributed by atoms with Gasteiger partial charge in [0.15, 0.2) is 0 Å². The normalized spacial score (nSPS) is 12.5. The number of benzene rings is 7. The van der Waals surface area contributed by atoms with Gasteiger partial charge in [-0.2, -0.15) is 0 Å². The highest BCUT2D eigenvalue weighted by Crippen LogP contribution is 2.48. The molecule has 0 unspecified atom stereocenters. The fraction of sp³-hybridized carbons (Fsp3) is 0. The molecule has 0 saturated carbocycles. The van der Waals surface area contributed by atoms with Gasteiger partial charge in [0.25, 0.3) is 0 Å². The van der Waals surface area contributed by atoms with E-state index in [1.54, 1.807) is 0 Å². The largest absolute Gasteiger partial charge is 0.0888 e. The third-order valence-corrected chi connectivity index (χ3v) is 8.51. The van der Waals surface area contributed by atoms with Crippen LogP contribution in [0.2, 0.25) is 0 Å². The summed E-state index contributed by atoms with van der Waals surface area (Å²) in [6.07, 6.45) is 0. The third-order valence-electron chi connectivity index (χ3n) is 7.39. The average molecular weight is 461 g/mol. The molecule has 0 spiro atoms. The van der Waals surface area contributed by atoms with E-state index in [-0.39, 0.29) is 0 Å². The van der Waals surface area contributed by atoms with Crippen molar-refractivity contribution in [3.8, 4) is 22.3 Å². The Morgan fingerprint density at radius 3 is 1.97 bits per heavy atom. The van der Waals surface area contributed by atoms with Crippen LogP contribution in [-0.4, -0.2) is 0 Å². The minimum atomic E-state index is 1.26. The van der Waals surface area contributed by atoms with Gasteiger partial charge in [-0.25, -0.2) is 0 Å². The molecule has 0 fully saturated rings. The van der Waals surface area contributed by atoms with Crippen molar-refractivity contribution < 1.29 is 0 Å². The molecule has 7 aromatic rings. The molecule has 0 amide bonds. The molecular weight excluding hydrogens is 440 g/mol. The summed E-state index contributed by atoms with van der Waals surface area (Å²) >= 11 is 1.89. The predicted octanol–water partition coefficient (Wildman–Crippen LogP) is 10.1. The molecule has 1 heterocycles. The number of fused-ring (bicyclic) bond motifs is 6. The van der Waals surface area contributed by atoms with Gasteiger partial charge in [-0.3, -0.25) is 0 Å². The summed E-state index contributed by atoms with van der Waals surface area (Å²) in [5.74, 6) is 0. The van der Waals surface area contributed by atoms with Gasteiger partial charge in [0, 0.05) is 15.2 Å². The van der Waals surface area contributed by atoms with Crippen molar-refractivity contribution in [3.05, 3.63) is 121 Å². The van der Waals surface area contributed by atoms with Crippen LogP contribution >= 0.6 is 11.8 Å². The number of rotatable bonds is 1. The van der Waals surface area contributed by atoms with Crippen LogP contribution in [-0.2, 0) is 0 Å². The summed E-state index contributed by atoms with van der Waals surface area (Å²) < 4.78 is 0. The number of hydrogen-bond donors (Lipinski definition) is 0. The maximum Gasteiger partial charge on any atom is 0.0207 e. The lowest BCUT2D eigenvalue weighted by Crippen LogP contribution is -1.93. The topological polar surface area (TPSA) is 0 Å². The summed E-state index contributed by atoms with van der Waals surface area (Å²) in [7, 11) is 0. The summed E-state index contributed by atoms with van der Waals surface area (Å²) in [6.45, 7) is 0. The van der Waals surface area contributed by atoms with E-state index in [0.717, 1.165) is 0 Å². The molecule has 0 aliphatic carbocycles. The maximum absolute atomic E-state index is 2.37. The molecule has 0 radical (unpaired) electrons. The van der Waals surface area contributed by atoms with Crippen molar-refractivity contribution >= 4 is 54.9 Å². The van der Waals surface area contributed by atoms with Gasteiger partial charge in [-0.05, 0) is 90.3 Å². The second-order valence-electron chi connectivity index (χ2n) is 9.39. The van der Waals surface area contributed by atoms with Gasteiger partial charge in [0.2, 0.25) is 0 Å². The van der Waals surface area contributed by atoms with E-state index in [1.807, 2.05) is 11.8 Å². The van der Waals surface area contributed by atoms with E-state index < -0.39 is 0 Å². The summed E-state index contributed by atoms with van der Waals surface area (Å²) in [5.41, 5.74) is 5.21. The molecule has 162 valence electrons. The van der Waals surface area contributed by atoms with Gasteiger partial charge in [0.05, 0.1) is 0 Å². The Bertz CT molecular complexity index is 1970. The van der Waals surface area contributed by atoms with Crippen molar-refractivity contribution in [3.63, 3.8) is 0 Å². The fourth-order valence-electron chi connectivity index (χ4n) is 5.68. The average Bonchev–Trinajstić information content (AvgIpc) is 2.91. The van der Waals surface area contributed by atoms with Crippen molar-refractivity contribution in [2.75, 3.05) is 0 Å². The van der Waals surface area contributed by atoms with Crippen LogP contribution in [0.25, 0.3) is 65.3 Å². The van der Waals surface area contributed by atoms with E-state index in [9.17, 15) is 0 Å². The first-order valence-electron chi connectivity index (χ1n) is 12.0. The van der Waals surface area contributed by atoms with Crippen LogP contribution in [0.3, 0.4) is 0 Å². The molecule has 0 saturated heterocycles. The molecule has 1 heteroatoms. The summed E-state index contributed by atoms with van der Waals surface area (Å²) in [4.78, 5) is 2.68. The van der Waals surface area contributed by atoms with E-state index in [1.165, 1.54) is 75.1 Å². The zero-order valence-electron chi connectivity index (χ0n) is 19.0. The molecular formula is C34H20S. The molecule has 35 heavy (non-hydrogen) atoms. The summed E-state index contributed by atoms with van der Waals surface area (Å²) in [6, 6.07) is 44.9. The minimum absolute atomic E-state index is 1.26. The van der Waals surface area contributed by atoms with Crippen LogP contribution in [0.5, 0.6) is 0 Å².